The molecule has 4 rings (SSSR count). The Morgan fingerprint density at radius 3 is 2.21 bits per heavy atom. The molecule has 7 heteroatoms. The molecule has 2 atom stereocenters. The number of carbonyl (C=O) groups is 2. The van der Waals surface area contributed by atoms with Crippen molar-refractivity contribution in [3.63, 3.8) is 0 Å². The van der Waals surface area contributed by atoms with Gasteiger partial charge in [0.2, 0.25) is 0 Å². The minimum absolute atomic E-state index is 0.456. The number of hydrogen-bond acceptors (Lipinski definition) is 4. The zero-order chi connectivity index (χ0) is 20.3. The summed E-state index contributed by atoms with van der Waals surface area (Å²) in [5.41, 5.74) is 2.55. The molecule has 0 radical (unpaired) electrons. The van der Waals surface area contributed by atoms with E-state index in [9.17, 15) is 9.59 Å². The van der Waals surface area contributed by atoms with E-state index in [2.05, 4.69) is 36.2 Å². The van der Waals surface area contributed by atoms with Gasteiger partial charge in [-0.15, -0.1) is 0 Å². The third kappa shape index (κ3) is 4.52. The van der Waals surface area contributed by atoms with Gasteiger partial charge in [-0.2, -0.15) is 0 Å². The average Bonchev–Trinajstić information content (AvgIpc) is 2.98. The number of likely N-dealkylation sites (N-methyl/N-ethyl adjacent to an activating group) is 1. The summed E-state index contributed by atoms with van der Waals surface area (Å²) in [7, 11) is 2.18. The second-order valence-corrected chi connectivity index (χ2v) is 7.20. The number of fused-ring (bicyclic) bond motifs is 5. The molecular weight excluding hydrogens is 388 g/mol. The Labute approximate surface area is 167 Å². The summed E-state index contributed by atoms with van der Waals surface area (Å²) in [6, 6.07) is 14.4. The van der Waals surface area contributed by atoms with Crippen molar-refractivity contribution in [3.05, 3.63) is 70.8 Å². The zero-order valence-electron chi connectivity index (χ0n) is 15.2. The number of rotatable bonds is 2. The highest BCUT2D eigenvalue weighted by molar-refractivity contribution is 6.30. The zero-order valence-corrected chi connectivity index (χ0v) is 16.0. The molecule has 0 spiro atoms. The van der Waals surface area contributed by atoms with Crippen molar-refractivity contribution >= 4 is 23.5 Å². The van der Waals surface area contributed by atoms with Gasteiger partial charge >= 0.3 is 11.9 Å². The molecule has 0 aromatic heterocycles. The molecule has 28 heavy (non-hydrogen) atoms. The number of aliphatic carboxylic acids is 2. The Bertz CT molecular complexity index is 911. The number of likely N-dealkylation sites (tertiary alicyclic amines) is 1. The van der Waals surface area contributed by atoms with Crippen LogP contribution in [0.4, 0.5) is 0 Å². The Balaban J connectivity index is 0.000000242. The normalized spacial score (nSPS) is 20.1. The van der Waals surface area contributed by atoms with Gasteiger partial charge in [0.25, 0.3) is 0 Å². The fourth-order valence-electron chi connectivity index (χ4n) is 3.67. The molecule has 0 saturated carbocycles. The number of para-hydroxylation sites is 1. The first-order valence-electron chi connectivity index (χ1n) is 8.74. The summed E-state index contributed by atoms with van der Waals surface area (Å²) in [6.45, 7) is 2.12. The maximum Gasteiger partial charge on any atom is 0.328 e. The van der Waals surface area contributed by atoms with Crippen LogP contribution in [0, 0.1) is 0 Å². The van der Waals surface area contributed by atoms with Gasteiger partial charge in [0.15, 0.2) is 0 Å². The van der Waals surface area contributed by atoms with Crippen LogP contribution in [0.5, 0.6) is 11.5 Å². The maximum atomic E-state index is 9.55. The van der Waals surface area contributed by atoms with Crippen molar-refractivity contribution in [2.24, 2.45) is 0 Å². The summed E-state index contributed by atoms with van der Waals surface area (Å²) < 4.78 is 6.15. The first-order chi connectivity index (χ1) is 13.3. The van der Waals surface area contributed by atoms with Crippen LogP contribution in [0.25, 0.3) is 0 Å². The van der Waals surface area contributed by atoms with Crippen LogP contribution in [0.15, 0.2) is 54.6 Å². The lowest BCUT2D eigenvalue weighted by molar-refractivity contribution is -0.134. The fraction of sp³-hybridized carbons (Fsp3) is 0.238. The highest BCUT2D eigenvalue weighted by atomic mass is 35.5. The molecule has 2 heterocycles. The number of ether oxygens (including phenoxy) is 1. The van der Waals surface area contributed by atoms with E-state index in [-0.39, 0.29) is 0 Å². The summed E-state index contributed by atoms with van der Waals surface area (Å²) in [5, 5.41) is 16.4. The van der Waals surface area contributed by atoms with Gasteiger partial charge in [0.05, 0.1) is 0 Å². The van der Waals surface area contributed by atoms with Gasteiger partial charge in [0.1, 0.15) is 11.5 Å². The third-order valence-electron chi connectivity index (χ3n) is 4.78. The molecule has 0 amide bonds. The Morgan fingerprint density at radius 1 is 1.00 bits per heavy atom. The lowest BCUT2D eigenvalue weighted by Crippen LogP contribution is -2.14. The van der Waals surface area contributed by atoms with Crippen LogP contribution in [0.3, 0.4) is 0 Å². The molecule has 0 aliphatic carbocycles. The topological polar surface area (TPSA) is 87.1 Å². The second kappa shape index (κ2) is 8.46. The fourth-order valence-corrected chi connectivity index (χ4v) is 3.85. The van der Waals surface area contributed by atoms with Gasteiger partial charge in [0, 0.05) is 47.7 Å². The summed E-state index contributed by atoms with van der Waals surface area (Å²) in [5.74, 6) is 0.358. The van der Waals surface area contributed by atoms with E-state index in [0.717, 1.165) is 29.6 Å². The number of hydrogen-bond donors (Lipinski definition) is 2. The highest BCUT2D eigenvalue weighted by Crippen LogP contribution is 2.49. The highest BCUT2D eigenvalue weighted by Gasteiger charge is 2.38. The quantitative estimate of drug-likeness (QED) is 0.732. The van der Waals surface area contributed by atoms with Crippen LogP contribution < -0.4 is 4.74 Å². The van der Waals surface area contributed by atoms with Crippen molar-refractivity contribution in [3.8, 4) is 11.5 Å². The van der Waals surface area contributed by atoms with Gasteiger partial charge in [-0.3, -0.25) is 0 Å². The molecule has 1 saturated heterocycles. The Kier molecular flexibility index (Phi) is 6.02. The lowest BCUT2D eigenvalue weighted by Gasteiger charge is -2.17. The monoisotopic (exact) mass is 407 g/mol. The summed E-state index contributed by atoms with van der Waals surface area (Å²) in [6.07, 6.45) is 1.12. The van der Waals surface area contributed by atoms with Crippen molar-refractivity contribution in [1.82, 2.24) is 4.90 Å². The van der Waals surface area contributed by atoms with E-state index in [1.54, 1.807) is 0 Å². The van der Waals surface area contributed by atoms with Crippen LogP contribution in [0.2, 0.25) is 5.02 Å². The molecule has 2 aromatic carbocycles. The van der Waals surface area contributed by atoms with E-state index < -0.39 is 11.9 Å². The van der Waals surface area contributed by atoms with Gasteiger partial charge in [-0.25, -0.2) is 9.59 Å². The third-order valence-corrected chi connectivity index (χ3v) is 5.02. The first kappa shape index (κ1) is 19.9. The van der Waals surface area contributed by atoms with E-state index in [0.29, 0.717) is 24.0 Å². The number of carboxylic acid groups (broad SMARTS) is 2. The van der Waals surface area contributed by atoms with Crippen LogP contribution in [-0.4, -0.2) is 47.2 Å². The number of carboxylic acids is 2. The summed E-state index contributed by atoms with van der Waals surface area (Å²) in [4.78, 5) is 21.5. The lowest BCUT2D eigenvalue weighted by atomic mass is 9.92. The minimum atomic E-state index is -1.26. The second-order valence-electron chi connectivity index (χ2n) is 6.77. The van der Waals surface area contributed by atoms with E-state index in [1.807, 2.05) is 18.2 Å². The number of benzene rings is 2. The summed E-state index contributed by atoms with van der Waals surface area (Å²) >= 11 is 6.20. The van der Waals surface area contributed by atoms with Crippen LogP contribution >= 0.6 is 11.6 Å². The van der Waals surface area contributed by atoms with E-state index in [4.69, 9.17) is 26.6 Å². The predicted molar refractivity (Wildman–Crippen MR) is 105 cm³/mol. The average molecular weight is 408 g/mol. The van der Waals surface area contributed by atoms with Crippen molar-refractivity contribution in [2.75, 3.05) is 20.1 Å². The molecule has 0 unspecified atom stereocenters. The molecule has 1 fully saturated rings. The van der Waals surface area contributed by atoms with Crippen LogP contribution in [0.1, 0.15) is 23.0 Å². The van der Waals surface area contributed by atoms with Gasteiger partial charge < -0.3 is 19.8 Å². The standard InChI is InChI=1S/C17H16ClNO.C4H4O4/c1-19-9-14-12-4-2-3-5-16(12)20-17-7-6-11(18)8-13(17)15(14)10-19;5-3(6)1-2-4(7)8/h2-8,14-15H,9-10H2,1H3;1-2H,(H,5,6)(H,7,8)/b;2-1-/t14-,15-;/m1./s1/i6+1,7+1,8+1,11+1,13+1,17+1;. The molecule has 2 aromatic rings. The van der Waals surface area contributed by atoms with Gasteiger partial charge in [-0.05, 0) is 36.9 Å². The minimum Gasteiger partial charge on any atom is -0.478 e. The molecule has 146 valence electrons. The Morgan fingerprint density at radius 2 is 1.57 bits per heavy atom. The van der Waals surface area contributed by atoms with E-state index >= 15 is 0 Å². The maximum absolute atomic E-state index is 9.55. The number of halogens is 1. The molecule has 2 aliphatic rings. The van der Waals surface area contributed by atoms with Crippen molar-refractivity contribution < 1.29 is 24.5 Å². The molecule has 2 N–H and O–H groups in total. The van der Waals surface area contributed by atoms with Crippen LogP contribution in [-0.2, 0) is 9.59 Å². The van der Waals surface area contributed by atoms with Crippen molar-refractivity contribution in [2.45, 2.75) is 11.8 Å². The SMILES string of the molecule is CN1C[C@@H]2c3ccccc3O[13c]3[13cH][13cH][13c](Cl)[13cH][13c]3[C@H]2C1.O=C(O)/C=C\C(=O)O. The first-order valence-corrected chi connectivity index (χ1v) is 9.11. The molecule has 6 nitrogen and oxygen atoms in total. The number of nitrogens with zero attached hydrogens (tertiary/aromatic N) is 1. The van der Waals surface area contributed by atoms with E-state index in [1.165, 1.54) is 11.1 Å². The molecule has 2 aliphatic heterocycles. The Hall–Kier alpha value is -2.83. The predicted octanol–water partition coefficient (Wildman–Crippen LogP) is 3.97. The molecular formula is C21H20ClNO5. The smallest absolute Gasteiger partial charge is 0.328 e. The van der Waals surface area contributed by atoms with Gasteiger partial charge in [-0.1, -0.05) is 29.8 Å². The van der Waals surface area contributed by atoms with Crippen molar-refractivity contribution in [1.29, 1.82) is 0 Å². The largest absolute Gasteiger partial charge is 0.478 e. The molecule has 0 bridgehead atoms.